The number of thioether (sulfide) groups is 1. The second-order valence-electron chi connectivity index (χ2n) is 7.32. The van der Waals surface area contributed by atoms with Crippen molar-refractivity contribution in [3.8, 4) is 0 Å². The summed E-state index contributed by atoms with van der Waals surface area (Å²) in [7, 11) is 0. The normalized spacial score (nSPS) is 24.2. The number of aliphatic carboxylic acids is 1. The van der Waals surface area contributed by atoms with E-state index in [1.165, 1.54) is 11.8 Å². The second kappa shape index (κ2) is 8.86. The van der Waals surface area contributed by atoms with Gasteiger partial charge in [0.15, 0.2) is 5.78 Å². The predicted octanol–water partition coefficient (Wildman–Crippen LogP) is 4.50. The topological polar surface area (TPSA) is 74.6 Å². The Morgan fingerprint density at radius 3 is 2.52 bits per heavy atom. The molecular weight excluding hydrogens is 336 g/mol. The Morgan fingerprint density at radius 2 is 1.96 bits per heavy atom. The summed E-state index contributed by atoms with van der Waals surface area (Å²) < 4.78 is 0. The molecule has 0 unspecified atom stereocenters. The first-order valence-corrected chi connectivity index (χ1v) is 9.74. The quantitative estimate of drug-likeness (QED) is 0.376. The highest BCUT2D eigenvalue weighted by molar-refractivity contribution is 8.04. The molecule has 0 aromatic rings. The molecule has 25 heavy (non-hydrogen) atoms. The highest BCUT2D eigenvalue weighted by Crippen LogP contribution is 2.48. The Bertz CT molecular complexity index is 613. The zero-order chi connectivity index (χ0) is 19.3. The summed E-state index contributed by atoms with van der Waals surface area (Å²) in [6, 6.07) is 0. The minimum absolute atomic E-state index is 0.0832. The number of unbranched alkanes of at least 4 members (excludes halogenated alkanes) is 2. The molecule has 140 valence electrons. The third-order valence-electron chi connectivity index (χ3n) is 4.73. The first-order chi connectivity index (χ1) is 11.5. The molecule has 0 fully saturated rings. The van der Waals surface area contributed by atoms with Crippen LogP contribution in [0.3, 0.4) is 0 Å². The lowest BCUT2D eigenvalue weighted by molar-refractivity contribution is -0.131. The van der Waals surface area contributed by atoms with Crippen LogP contribution in [0.25, 0.3) is 0 Å². The fraction of sp³-hybridized carbons (Fsp3) is 0.600. The molecular formula is C20H30O4S. The van der Waals surface area contributed by atoms with Crippen LogP contribution in [0.2, 0.25) is 0 Å². The molecule has 0 amide bonds. The predicted molar refractivity (Wildman–Crippen MR) is 104 cm³/mol. The van der Waals surface area contributed by atoms with Gasteiger partial charge in [-0.25, -0.2) is 4.79 Å². The van der Waals surface area contributed by atoms with E-state index >= 15 is 0 Å². The van der Waals surface area contributed by atoms with Gasteiger partial charge in [-0.15, -0.1) is 11.8 Å². The molecule has 0 spiro atoms. The van der Waals surface area contributed by atoms with E-state index in [1.807, 2.05) is 20.8 Å². The van der Waals surface area contributed by atoms with Crippen molar-refractivity contribution in [2.75, 3.05) is 5.75 Å². The number of carbonyl (C=O) groups excluding carboxylic acids is 1. The molecule has 0 saturated carbocycles. The molecule has 1 aliphatic carbocycles. The third-order valence-corrected chi connectivity index (χ3v) is 6.05. The van der Waals surface area contributed by atoms with Crippen LogP contribution in [0.4, 0.5) is 0 Å². The Morgan fingerprint density at radius 1 is 1.32 bits per heavy atom. The summed E-state index contributed by atoms with van der Waals surface area (Å²) in [4.78, 5) is 24.0. The summed E-state index contributed by atoms with van der Waals surface area (Å²) in [5.41, 5.74) is -0.725. The zero-order valence-electron chi connectivity index (χ0n) is 15.9. The smallest absolute Gasteiger partial charge is 0.328 e. The van der Waals surface area contributed by atoms with Gasteiger partial charge in [0.2, 0.25) is 0 Å². The van der Waals surface area contributed by atoms with Gasteiger partial charge in [0.1, 0.15) is 5.60 Å². The van der Waals surface area contributed by atoms with Gasteiger partial charge in [-0.2, -0.15) is 0 Å². The van der Waals surface area contributed by atoms with Crippen molar-refractivity contribution in [2.45, 2.75) is 65.9 Å². The van der Waals surface area contributed by atoms with Crippen LogP contribution in [0, 0.1) is 5.41 Å². The minimum Gasteiger partial charge on any atom is -0.478 e. The van der Waals surface area contributed by atoms with Gasteiger partial charge in [-0.3, -0.25) is 4.79 Å². The molecule has 0 aromatic heterocycles. The SMILES string of the molecule is CCCCCSC1=C(C)[C@](O)(/C=C/C(C)=C\C(=O)O)C(C)(C)CC1=O. The van der Waals surface area contributed by atoms with Crippen molar-refractivity contribution in [1.29, 1.82) is 0 Å². The lowest BCUT2D eigenvalue weighted by atomic mass is 9.64. The standard InChI is InChI=1S/C20H30O4S/c1-6-7-8-11-25-18-15(3)20(24,19(4,5)13-16(18)21)10-9-14(2)12-17(22)23/h9-10,12,24H,6-8,11,13H2,1-5H3,(H,22,23)/b10-9+,14-12-/t20-/m1/s1. The van der Waals surface area contributed by atoms with Crippen molar-refractivity contribution < 1.29 is 19.8 Å². The van der Waals surface area contributed by atoms with Crippen LogP contribution >= 0.6 is 11.8 Å². The summed E-state index contributed by atoms with van der Waals surface area (Å²) in [5, 5.41) is 20.2. The summed E-state index contributed by atoms with van der Waals surface area (Å²) in [5.74, 6) is -0.0729. The maximum atomic E-state index is 12.6. The van der Waals surface area contributed by atoms with Crippen molar-refractivity contribution >= 4 is 23.5 Å². The number of carboxylic acids is 1. The molecule has 0 aromatic carbocycles. The van der Waals surface area contributed by atoms with Crippen molar-refractivity contribution in [2.24, 2.45) is 5.41 Å². The van der Waals surface area contributed by atoms with E-state index in [2.05, 4.69) is 6.92 Å². The van der Waals surface area contributed by atoms with E-state index in [4.69, 9.17) is 5.11 Å². The number of rotatable bonds is 8. The van der Waals surface area contributed by atoms with Crippen LogP contribution in [0.1, 0.15) is 60.3 Å². The molecule has 0 heterocycles. The minimum atomic E-state index is -1.28. The maximum Gasteiger partial charge on any atom is 0.328 e. The van der Waals surface area contributed by atoms with E-state index in [0.717, 1.165) is 31.1 Å². The molecule has 1 rings (SSSR count). The average Bonchev–Trinajstić information content (AvgIpc) is 2.49. The second-order valence-corrected chi connectivity index (χ2v) is 8.43. The molecule has 0 saturated heterocycles. The Kier molecular flexibility index (Phi) is 7.69. The Labute approximate surface area is 155 Å². The van der Waals surface area contributed by atoms with Gasteiger partial charge >= 0.3 is 5.97 Å². The highest BCUT2D eigenvalue weighted by atomic mass is 32.2. The lowest BCUT2D eigenvalue weighted by Gasteiger charge is -2.45. The largest absolute Gasteiger partial charge is 0.478 e. The van der Waals surface area contributed by atoms with Crippen LogP contribution in [-0.2, 0) is 9.59 Å². The van der Waals surface area contributed by atoms with Gasteiger partial charge in [-0.05, 0) is 43.2 Å². The molecule has 0 bridgehead atoms. The first kappa shape index (κ1) is 21.7. The Hall–Kier alpha value is -1.33. The number of hydrogen-bond acceptors (Lipinski definition) is 4. The molecule has 1 aliphatic rings. The number of ketones is 1. The van der Waals surface area contributed by atoms with Gasteiger partial charge in [0.05, 0.1) is 4.91 Å². The molecule has 5 heteroatoms. The van der Waals surface area contributed by atoms with E-state index in [0.29, 0.717) is 16.1 Å². The zero-order valence-corrected chi connectivity index (χ0v) is 16.7. The number of carbonyl (C=O) groups is 2. The summed E-state index contributed by atoms with van der Waals surface area (Å²) in [6.07, 6.45) is 7.92. The van der Waals surface area contributed by atoms with E-state index in [9.17, 15) is 14.7 Å². The molecule has 2 N–H and O–H groups in total. The monoisotopic (exact) mass is 366 g/mol. The average molecular weight is 367 g/mol. The van der Waals surface area contributed by atoms with E-state index in [-0.39, 0.29) is 12.2 Å². The molecule has 1 atom stereocenters. The van der Waals surface area contributed by atoms with Crippen LogP contribution in [-0.4, -0.2) is 33.3 Å². The van der Waals surface area contributed by atoms with Crippen molar-refractivity contribution in [3.63, 3.8) is 0 Å². The van der Waals surface area contributed by atoms with Gasteiger partial charge in [-0.1, -0.05) is 39.7 Å². The highest BCUT2D eigenvalue weighted by Gasteiger charge is 2.49. The lowest BCUT2D eigenvalue weighted by Crippen LogP contribution is -2.49. The molecule has 4 nitrogen and oxygen atoms in total. The molecule has 0 aliphatic heterocycles. The maximum absolute atomic E-state index is 12.6. The van der Waals surface area contributed by atoms with Crippen LogP contribution < -0.4 is 0 Å². The fourth-order valence-corrected chi connectivity index (χ4v) is 4.22. The number of carboxylic acid groups (broad SMARTS) is 1. The van der Waals surface area contributed by atoms with E-state index in [1.54, 1.807) is 19.1 Å². The number of hydrogen-bond donors (Lipinski definition) is 2. The van der Waals surface area contributed by atoms with Gasteiger partial charge in [0.25, 0.3) is 0 Å². The summed E-state index contributed by atoms with van der Waals surface area (Å²) >= 11 is 1.53. The van der Waals surface area contributed by atoms with Crippen LogP contribution in [0.5, 0.6) is 0 Å². The van der Waals surface area contributed by atoms with Gasteiger partial charge in [0, 0.05) is 17.9 Å². The fourth-order valence-electron chi connectivity index (χ4n) is 3.07. The molecule has 0 radical (unpaired) electrons. The van der Waals surface area contributed by atoms with Crippen LogP contribution in [0.15, 0.2) is 34.3 Å². The van der Waals surface area contributed by atoms with Gasteiger partial charge < -0.3 is 10.2 Å². The third kappa shape index (κ3) is 5.32. The summed E-state index contributed by atoms with van der Waals surface area (Å²) in [6.45, 7) is 9.36. The van der Waals surface area contributed by atoms with E-state index < -0.39 is 17.0 Å². The number of allylic oxidation sites excluding steroid dienone is 3. The number of Topliss-reactive ketones (excluding diaryl/α,β-unsaturated/α-hetero) is 1. The van der Waals surface area contributed by atoms with Crippen molar-refractivity contribution in [1.82, 2.24) is 0 Å². The first-order valence-electron chi connectivity index (χ1n) is 8.75. The Balaban J connectivity index is 3.18. The number of aliphatic hydroxyl groups is 1. The van der Waals surface area contributed by atoms with Crippen molar-refractivity contribution in [3.05, 3.63) is 34.3 Å².